The van der Waals surface area contributed by atoms with Gasteiger partial charge in [0, 0.05) is 28.9 Å². The number of nitrogen functional groups attached to an aromatic ring is 1. The van der Waals surface area contributed by atoms with Crippen LogP contribution in [-0.4, -0.2) is 4.98 Å². The summed E-state index contributed by atoms with van der Waals surface area (Å²) < 4.78 is 19.2. The van der Waals surface area contributed by atoms with Crippen LogP contribution >= 0.6 is 0 Å². The fourth-order valence-corrected chi connectivity index (χ4v) is 1.81. The molecular formula is C13H9FN2O. The molecule has 0 fully saturated rings. The fourth-order valence-electron chi connectivity index (χ4n) is 1.81. The van der Waals surface area contributed by atoms with Crippen LogP contribution in [0, 0.1) is 5.82 Å². The molecule has 1 aromatic carbocycles. The van der Waals surface area contributed by atoms with E-state index in [1.165, 1.54) is 12.3 Å². The maximum Gasteiger partial charge on any atom is 0.136 e. The lowest BCUT2D eigenvalue weighted by molar-refractivity contribution is 0.612. The number of hydrogen-bond acceptors (Lipinski definition) is 3. The number of nitrogens with zero attached hydrogens (tertiary/aromatic N) is 1. The van der Waals surface area contributed by atoms with Gasteiger partial charge in [-0.2, -0.15) is 0 Å². The number of anilines is 1. The van der Waals surface area contributed by atoms with Crippen molar-refractivity contribution in [1.82, 2.24) is 4.98 Å². The van der Waals surface area contributed by atoms with Gasteiger partial charge < -0.3 is 10.2 Å². The molecule has 2 N–H and O–H groups in total. The van der Waals surface area contributed by atoms with Crippen LogP contribution in [0.2, 0.25) is 0 Å². The highest BCUT2D eigenvalue weighted by molar-refractivity contribution is 5.92. The quantitative estimate of drug-likeness (QED) is 0.695. The summed E-state index contributed by atoms with van der Waals surface area (Å²) in [5, 5.41) is 0.593. The molecule has 0 atom stereocenters. The second kappa shape index (κ2) is 3.59. The average molecular weight is 228 g/mol. The van der Waals surface area contributed by atoms with Crippen LogP contribution in [0.25, 0.3) is 22.1 Å². The van der Waals surface area contributed by atoms with Crippen LogP contribution < -0.4 is 5.73 Å². The highest BCUT2D eigenvalue weighted by atomic mass is 19.1. The number of fused-ring (bicyclic) bond motifs is 1. The topological polar surface area (TPSA) is 52.0 Å². The van der Waals surface area contributed by atoms with Crippen molar-refractivity contribution in [2.45, 2.75) is 0 Å². The van der Waals surface area contributed by atoms with Gasteiger partial charge >= 0.3 is 0 Å². The van der Waals surface area contributed by atoms with E-state index in [-0.39, 0.29) is 5.82 Å². The minimum atomic E-state index is -0.335. The molecular weight excluding hydrogens is 219 g/mol. The first kappa shape index (κ1) is 9.84. The highest BCUT2D eigenvalue weighted by Gasteiger charge is 2.11. The summed E-state index contributed by atoms with van der Waals surface area (Å²) in [6, 6.07) is 6.58. The van der Waals surface area contributed by atoms with E-state index in [9.17, 15) is 4.39 Å². The maximum absolute atomic E-state index is 13.9. The van der Waals surface area contributed by atoms with Gasteiger partial charge in [-0.25, -0.2) is 4.39 Å². The van der Waals surface area contributed by atoms with Crippen molar-refractivity contribution < 1.29 is 8.81 Å². The Labute approximate surface area is 96.7 Å². The molecule has 84 valence electrons. The third-order valence-corrected chi connectivity index (χ3v) is 2.67. The molecule has 0 unspecified atom stereocenters. The van der Waals surface area contributed by atoms with Gasteiger partial charge in [0.1, 0.15) is 17.7 Å². The summed E-state index contributed by atoms with van der Waals surface area (Å²) in [6.07, 6.45) is 4.67. The molecule has 0 amide bonds. The summed E-state index contributed by atoms with van der Waals surface area (Å²) >= 11 is 0. The Hall–Kier alpha value is -2.36. The Morgan fingerprint density at radius 1 is 1.29 bits per heavy atom. The van der Waals surface area contributed by atoms with Crippen molar-refractivity contribution in [3.8, 4) is 11.1 Å². The first-order chi connectivity index (χ1) is 8.25. The summed E-state index contributed by atoms with van der Waals surface area (Å²) in [4.78, 5) is 3.97. The van der Waals surface area contributed by atoms with E-state index >= 15 is 0 Å². The third kappa shape index (κ3) is 1.54. The van der Waals surface area contributed by atoms with E-state index in [1.54, 1.807) is 30.6 Å². The fraction of sp³-hybridized carbons (Fsp3) is 0. The molecule has 0 saturated heterocycles. The lowest BCUT2D eigenvalue weighted by Gasteiger charge is -2.02. The van der Waals surface area contributed by atoms with Gasteiger partial charge in [-0.3, -0.25) is 4.98 Å². The summed E-state index contributed by atoms with van der Waals surface area (Å²) in [6.45, 7) is 0. The van der Waals surface area contributed by atoms with Crippen LogP contribution in [0.15, 0.2) is 47.3 Å². The van der Waals surface area contributed by atoms with Crippen molar-refractivity contribution in [3.63, 3.8) is 0 Å². The van der Waals surface area contributed by atoms with Crippen molar-refractivity contribution in [1.29, 1.82) is 0 Å². The van der Waals surface area contributed by atoms with Gasteiger partial charge in [0.25, 0.3) is 0 Å². The van der Waals surface area contributed by atoms with Crippen LogP contribution in [0.5, 0.6) is 0 Å². The van der Waals surface area contributed by atoms with Crippen LogP contribution in [0.1, 0.15) is 0 Å². The number of hydrogen-bond donors (Lipinski definition) is 1. The largest absolute Gasteiger partial charge is 0.462 e. The van der Waals surface area contributed by atoms with Gasteiger partial charge in [-0.1, -0.05) is 6.07 Å². The molecule has 0 aliphatic heterocycles. The monoisotopic (exact) mass is 228 g/mol. The van der Waals surface area contributed by atoms with Gasteiger partial charge in [0.2, 0.25) is 0 Å². The second-order valence-electron chi connectivity index (χ2n) is 3.76. The second-order valence-corrected chi connectivity index (χ2v) is 3.76. The van der Waals surface area contributed by atoms with Crippen molar-refractivity contribution in [2.24, 2.45) is 0 Å². The van der Waals surface area contributed by atoms with Crippen LogP contribution in [-0.2, 0) is 0 Å². The standard InChI is InChI=1S/C13H9FN2O/c14-11-4-10-12(15)7-17-13(10)5-9(11)8-2-1-3-16-6-8/h1-7H,15H2. The van der Waals surface area contributed by atoms with Crippen LogP contribution in [0.3, 0.4) is 0 Å². The molecule has 3 nitrogen and oxygen atoms in total. The Morgan fingerprint density at radius 2 is 2.18 bits per heavy atom. The molecule has 0 bridgehead atoms. The summed E-state index contributed by atoms with van der Waals surface area (Å²) in [5.74, 6) is -0.335. The minimum absolute atomic E-state index is 0.335. The number of aromatic nitrogens is 1. The number of rotatable bonds is 1. The van der Waals surface area contributed by atoms with E-state index < -0.39 is 0 Å². The third-order valence-electron chi connectivity index (χ3n) is 2.67. The molecule has 17 heavy (non-hydrogen) atoms. The van der Waals surface area contributed by atoms with Crippen molar-refractivity contribution in [2.75, 3.05) is 5.73 Å². The molecule has 3 rings (SSSR count). The van der Waals surface area contributed by atoms with Gasteiger partial charge in [-0.05, 0) is 18.2 Å². The van der Waals surface area contributed by atoms with E-state index in [4.69, 9.17) is 10.2 Å². The molecule has 0 saturated carbocycles. The van der Waals surface area contributed by atoms with Gasteiger partial charge in [0.15, 0.2) is 0 Å². The predicted molar refractivity (Wildman–Crippen MR) is 63.8 cm³/mol. The predicted octanol–water partition coefficient (Wildman–Crippen LogP) is 3.22. The van der Waals surface area contributed by atoms with Gasteiger partial charge in [0.05, 0.1) is 5.69 Å². The number of halogens is 1. The van der Waals surface area contributed by atoms with E-state index in [0.717, 1.165) is 0 Å². The first-order valence-electron chi connectivity index (χ1n) is 5.12. The van der Waals surface area contributed by atoms with E-state index in [1.807, 2.05) is 0 Å². The normalized spacial score (nSPS) is 10.9. The number of furan rings is 1. The highest BCUT2D eigenvalue weighted by Crippen LogP contribution is 2.30. The van der Waals surface area contributed by atoms with Crippen molar-refractivity contribution >= 4 is 16.7 Å². The maximum atomic E-state index is 13.9. The molecule has 0 spiro atoms. The zero-order chi connectivity index (χ0) is 11.8. The molecule has 0 aliphatic rings. The minimum Gasteiger partial charge on any atom is -0.462 e. The first-order valence-corrected chi connectivity index (χ1v) is 5.12. The Balaban J connectivity index is 2.27. The summed E-state index contributed by atoms with van der Waals surface area (Å²) in [5.41, 5.74) is 7.84. The number of nitrogens with two attached hydrogens (primary N) is 1. The van der Waals surface area contributed by atoms with Crippen LogP contribution in [0.4, 0.5) is 10.1 Å². The van der Waals surface area contributed by atoms with E-state index in [0.29, 0.717) is 27.8 Å². The Kier molecular flexibility index (Phi) is 2.08. The summed E-state index contributed by atoms with van der Waals surface area (Å²) in [7, 11) is 0. The molecule has 0 radical (unpaired) electrons. The van der Waals surface area contributed by atoms with E-state index in [2.05, 4.69) is 4.98 Å². The lowest BCUT2D eigenvalue weighted by Crippen LogP contribution is -1.87. The molecule has 0 aliphatic carbocycles. The smallest absolute Gasteiger partial charge is 0.136 e. The SMILES string of the molecule is Nc1coc2cc(-c3cccnc3)c(F)cc12. The lowest BCUT2D eigenvalue weighted by atomic mass is 10.1. The molecule has 4 heteroatoms. The number of benzene rings is 1. The molecule has 2 aromatic heterocycles. The molecule has 3 aromatic rings. The zero-order valence-corrected chi connectivity index (χ0v) is 8.85. The van der Waals surface area contributed by atoms with Crippen molar-refractivity contribution in [3.05, 3.63) is 48.7 Å². The average Bonchev–Trinajstić information content (AvgIpc) is 2.71. The molecule has 2 heterocycles. The van der Waals surface area contributed by atoms with Gasteiger partial charge in [-0.15, -0.1) is 0 Å². The zero-order valence-electron chi connectivity index (χ0n) is 8.85. The Morgan fingerprint density at radius 3 is 2.94 bits per heavy atom. The number of pyridine rings is 1. The Bertz CT molecular complexity index is 676.